The van der Waals surface area contributed by atoms with Crippen molar-refractivity contribution >= 4 is 28.3 Å². The Morgan fingerprint density at radius 1 is 1.21 bits per heavy atom. The van der Waals surface area contributed by atoms with Crippen molar-refractivity contribution in [3.8, 4) is 11.3 Å². The van der Waals surface area contributed by atoms with E-state index in [2.05, 4.69) is 20.2 Å². The average Bonchev–Trinajstić information content (AvgIpc) is 3.31. The summed E-state index contributed by atoms with van der Waals surface area (Å²) >= 11 is 0. The van der Waals surface area contributed by atoms with Crippen molar-refractivity contribution in [2.75, 3.05) is 14.1 Å². The molecule has 0 aliphatic heterocycles. The number of nitrogens with one attached hydrogen (secondary N) is 1. The predicted molar refractivity (Wildman–Crippen MR) is 111 cm³/mol. The molecule has 0 unspecified atom stereocenters. The van der Waals surface area contributed by atoms with Gasteiger partial charge in [0.15, 0.2) is 5.65 Å². The molecule has 0 aliphatic rings. The number of aromatic amines is 1. The van der Waals surface area contributed by atoms with E-state index >= 15 is 0 Å². The van der Waals surface area contributed by atoms with E-state index in [1.165, 1.54) is 16.8 Å². The highest BCUT2D eigenvalue weighted by atomic mass is 16.1. The number of hydrogen-bond acceptors (Lipinski definition) is 4. The monoisotopic (exact) mass is 391 g/mol. The lowest BCUT2D eigenvalue weighted by Gasteiger charge is -2.10. The molecule has 0 radical (unpaired) electrons. The number of rotatable bonds is 3. The molecule has 148 valence electrons. The van der Waals surface area contributed by atoms with Crippen LogP contribution in [-0.2, 0) is 6.54 Å². The van der Waals surface area contributed by atoms with Crippen LogP contribution >= 0.6 is 0 Å². The fraction of sp³-hybridized carbons (Fsp3) is 0.250. The van der Waals surface area contributed by atoms with Crippen LogP contribution < -0.4 is 5.56 Å². The Bertz CT molecular complexity index is 1320. The van der Waals surface area contributed by atoms with Gasteiger partial charge in [-0.1, -0.05) is 6.07 Å². The standard InChI is InChI=1S/C20H21N7O2/c1-5-26-17-7-6-13(8-14(17)10-21-26)16-9-18(28)27-19(24-16)15(11-22-27)20(29)23-12(2)25(3)4/h6-11,24H,5H2,1-4H3. The lowest BCUT2D eigenvalue weighted by atomic mass is 10.1. The van der Waals surface area contributed by atoms with Gasteiger partial charge in [-0.25, -0.2) is 0 Å². The third-order valence-electron chi connectivity index (χ3n) is 4.89. The number of amidine groups is 1. The third-order valence-corrected chi connectivity index (χ3v) is 4.89. The van der Waals surface area contributed by atoms with Gasteiger partial charge in [0.1, 0.15) is 11.4 Å². The zero-order chi connectivity index (χ0) is 20.7. The van der Waals surface area contributed by atoms with Crippen LogP contribution in [0.1, 0.15) is 24.2 Å². The summed E-state index contributed by atoms with van der Waals surface area (Å²) < 4.78 is 3.08. The van der Waals surface area contributed by atoms with E-state index in [-0.39, 0.29) is 11.1 Å². The summed E-state index contributed by atoms with van der Waals surface area (Å²) in [6, 6.07) is 7.32. The lowest BCUT2D eigenvalue weighted by Crippen LogP contribution is -2.20. The van der Waals surface area contributed by atoms with Crippen LogP contribution in [0.5, 0.6) is 0 Å². The van der Waals surface area contributed by atoms with Gasteiger partial charge in [0.2, 0.25) is 0 Å². The summed E-state index contributed by atoms with van der Waals surface area (Å²) in [7, 11) is 3.61. The highest BCUT2D eigenvalue weighted by molar-refractivity contribution is 6.06. The summed E-state index contributed by atoms with van der Waals surface area (Å²) in [6.45, 7) is 4.55. The summed E-state index contributed by atoms with van der Waals surface area (Å²) in [5, 5.41) is 9.37. The zero-order valence-electron chi connectivity index (χ0n) is 16.7. The van der Waals surface area contributed by atoms with E-state index in [1.807, 2.05) is 29.8 Å². The van der Waals surface area contributed by atoms with Crippen LogP contribution in [0.2, 0.25) is 0 Å². The van der Waals surface area contributed by atoms with Gasteiger partial charge in [0.25, 0.3) is 11.5 Å². The number of amides is 1. The maximum Gasteiger partial charge on any atom is 0.284 e. The van der Waals surface area contributed by atoms with E-state index < -0.39 is 5.91 Å². The predicted octanol–water partition coefficient (Wildman–Crippen LogP) is 2.18. The van der Waals surface area contributed by atoms with E-state index in [0.29, 0.717) is 17.2 Å². The van der Waals surface area contributed by atoms with Gasteiger partial charge in [-0.2, -0.15) is 19.7 Å². The van der Waals surface area contributed by atoms with Crippen LogP contribution in [0.4, 0.5) is 0 Å². The quantitative estimate of drug-likeness (QED) is 0.426. The summed E-state index contributed by atoms with van der Waals surface area (Å²) in [5.74, 6) is 0.102. The molecule has 0 saturated carbocycles. The lowest BCUT2D eigenvalue weighted by molar-refractivity contribution is 0.100. The topological polar surface area (TPSA) is 101 Å². The number of carbonyl (C=O) groups is 1. The number of H-pyrrole nitrogens is 1. The van der Waals surface area contributed by atoms with Gasteiger partial charge < -0.3 is 9.88 Å². The largest absolute Gasteiger partial charge is 0.366 e. The molecule has 0 spiro atoms. The normalized spacial score (nSPS) is 12.1. The van der Waals surface area contributed by atoms with Crippen molar-refractivity contribution < 1.29 is 4.79 Å². The van der Waals surface area contributed by atoms with Crippen LogP contribution in [0, 0.1) is 0 Å². The van der Waals surface area contributed by atoms with Gasteiger partial charge in [0, 0.05) is 32.1 Å². The minimum absolute atomic E-state index is 0.241. The number of fused-ring (bicyclic) bond motifs is 2. The molecule has 4 rings (SSSR count). The zero-order valence-corrected chi connectivity index (χ0v) is 16.7. The molecule has 0 atom stereocenters. The second-order valence-electron chi connectivity index (χ2n) is 6.93. The highest BCUT2D eigenvalue weighted by Gasteiger charge is 2.16. The SMILES string of the molecule is CCn1ncc2cc(-c3cc(=O)n4ncc(C(=O)N=C(C)N(C)C)c4[nH]3)ccc21. The number of carbonyl (C=O) groups excluding carboxylic acids is 1. The Kier molecular flexibility index (Phi) is 4.50. The van der Waals surface area contributed by atoms with Crippen LogP contribution in [0.25, 0.3) is 27.8 Å². The summed E-state index contributed by atoms with van der Waals surface area (Å²) in [5.41, 5.74) is 2.66. The Morgan fingerprint density at radius 3 is 2.72 bits per heavy atom. The van der Waals surface area contributed by atoms with Crippen molar-refractivity contribution in [2.45, 2.75) is 20.4 Å². The molecule has 3 aromatic heterocycles. The van der Waals surface area contributed by atoms with Gasteiger partial charge in [-0.15, -0.1) is 0 Å². The maximum atomic E-state index is 12.6. The second kappa shape index (κ2) is 7.01. The first-order valence-electron chi connectivity index (χ1n) is 9.23. The first-order chi connectivity index (χ1) is 13.9. The first kappa shape index (κ1) is 18.6. The average molecular weight is 391 g/mol. The molecule has 3 heterocycles. The van der Waals surface area contributed by atoms with Gasteiger partial charge in [0.05, 0.1) is 23.6 Å². The molecule has 9 nitrogen and oxygen atoms in total. The minimum Gasteiger partial charge on any atom is -0.366 e. The van der Waals surface area contributed by atoms with Gasteiger partial charge in [-0.05, 0) is 31.5 Å². The molecule has 1 aromatic carbocycles. The van der Waals surface area contributed by atoms with Gasteiger partial charge in [-0.3, -0.25) is 14.3 Å². The van der Waals surface area contributed by atoms with E-state index in [1.54, 1.807) is 32.1 Å². The Hall–Kier alpha value is -3.75. The Labute approximate surface area is 166 Å². The number of aliphatic imine (C=N–C) groups is 1. The molecule has 4 aromatic rings. The summed E-state index contributed by atoms with van der Waals surface area (Å²) in [4.78, 5) is 34.1. The van der Waals surface area contributed by atoms with Crippen molar-refractivity contribution in [3.05, 3.63) is 52.6 Å². The maximum absolute atomic E-state index is 12.6. The van der Waals surface area contributed by atoms with E-state index in [4.69, 9.17) is 0 Å². The summed E-state index contributed by atoms with van der Waals surface area (Å²) in [6.07, 6.45) is 3.16. The van der Waals surface area contributed by atoms with Crippen molar-refractivity contribution in [1.29, 1.82) is 0 Å². The molecule has 29 heavy (non-hydrogen) atoms. The molecular weight excluding hydrogens is 370 g/mol. The Morgan fingerprint density at radius 2 is 2.00 bits per heavy atom. The van der Waals surface area contributed by atoms with Crippen molar-refractivity contribution in [3.63, 3.8) is 0 Å². The smallest absolute Gasteiger partial charge is 0.284 e. The van der Waals surface area contributed by atoms with Crippen LogP contribution in [-0.4, -0.2) is 55.1 Å². The number of benzene rings is 1. The number of aryl methyl sites for hydroxylation is 1. The van der Waals surface area contributed by atoms with Crippen LogP contribution in [0.3, 0.4) is 0 Å². The highest BCUT2D eigenvalue weighted by Crippen LogP contribution is 2.23. The second-order valence-corrected chi connectivity index (χ2v) is 6.93. The number of nitrogens with zero attached hydrogens (tertiary/aromatic N) is 6. The molecule has 1 N–H and O–H groups in total. The Balaban J connectivity index is 1.84. The minimum atomic E-state index is -0.460. The van der Waals surface area contributed by atoms with E-state index in [0.717, 1.165) is 23.0 Å². The molecule has 0 aliphatic carbocycles. The molecule has 1 amide bonds. The van der Waals surface area contributed by atoms with Gasteiger partial charge >= 0.3 is 0 Å². The fourth-order valence-electron chi connectivity index (χ4n) is 3.11. The van der Waals surface area contributed by atoms with E-state index in [9.17, 15) is 9.59 Å². The molecular formula is C20H21N7O2. The van der Waals surface area contributed by atoms with Crippen molar-refractivity contribution in [1.82, 2.24) is 29.3 Å². The molecule has 0 fully saturated rings. The number of hydrogen-bond donors (Lipinski definition) is 1. The molecule has 9 heteroatoms. The number of aromatic nitrogens is 5. The third kappa shape index (κ3) is 3.20. The first-order valence-corrected chi connectivity index (χ1v) is 9.23. The fourth-order valence-corrected chi connectivity index (χ4v) is 3.11. The van der Waals surface area contributed by atoms with Crippen molar-refractivity contribution in [2.24, 2.45) is 4.99 Å². The van der Waals surface area contributed by atoms with Crippen LogP contribution in [0.15, 0.2) is 46.4 Å². The molecule has 0 saturated heterocycles. The molecule has 0 bridgehead atoms.